The SMILES string of the molecule is COC1(OC)c2cccc(c2)Cc2cccc(c2)Cc2cccc(c2)Cc2ccc(C(=O)O)c1c2. The maximum absolute atomic E-state index is 12.2. The highest BCUT2D eigenvalue weighted by molar-refractivity contribution is 5.90. The first-order chi connectivity index (χ1) is 17.0. The lowest BCUT2D eigenvalue weighted by molar-refractivity contribution is -0.184. The highest BCUT2D eigenvalue weighted by atomic mass is 16.7. The Balaban J connectivity index is 1.76. The van der Waals surface area contributed by atoms with Crippen molar-refractivity contribution < 1.29 is 19.4 Å². The summed E-state index contributed by atoms with van der Waals surface area (Å²) in [5.74, 6) is -2.38. The molecule has 1 aliphatic rings. The van der Waals surface area contributed by atoms with E-state index in [9.17, 15) is 9.90 Å². The van der Waals surface area contributed by atoms with Gasteiger partial charge in [0.25, 0.3) is 0 Å². The molecular formula is C31H28O4. The van der Waals surface area contributed by atoms with Gasteiger partial charge in [0.1, 0.15) is 0 Å². The van der Waals surface area contributed by atoms with Crippen molar-refractivity contribution in [2.24, 2.45) is 0 Å². The fourth-order valence-electron chi connectivity index (χ4n) is 5.15. The third-order valence-electron chi connectivity index (χ3n) is 6.76. The molecule has 0 unspecified atom stereocenters. The van der Waals surface area contributed by atoms with Gasteiger partial charge < -0.3 is 14.6 Å². The second-order valence-electron chi connectivity index (χ2n) is 9.08. The molecule has 1 N–H and O–H groups in total. The van der Waals surface area contributed by atoms with Crippen LogP contribution in [0.4, 0.5) is 0 Å². The van der Waals surface area contributed by atoms with E-state index in [1.165, 1.54) is 22.3 Å². The number of rotatable bonds is 3. The van der Waals surface area contributed by atoms with E-state index in [4.69, 9.17) is 9.47 Å². The Labute approximate surface area is 205 Å². The second kappa shape index (κ2) is 9.49. The molecule has 35 heavy (non-hydrogen) atoms. The molecule has 5 rings (SSSR count). The zero-order valence-electron chi connectivity index (χ0n) is 20.0. The van der Waals surface area contributed by atoms with Crippen LogP contribution in [-0.4, -0.2) is 25.3 Å². The van der Waals surface area contributed by atoms with E-state index in [0.717, 1.165) is 29.5 Å². The number of hydrogen-bond donors (Lipinski definition) is 1. The minimum atomic E-state index is -1.36. The van der Waals surface area contributed by atoms with E-state index in [2.05, 4.69) is 54.6 Å². The number of carbonyl (C=O) groups is 1. The molecule has 0 amide bonds. The zero-order chi connectivity index (χ0) is 24.4. The minimum Gasteiger partial charge on any atom is -0.478 e. The van der Waals surface area contributed by atoms with Crippen molar-refractivity contribution in [2.75, 3.05) is 14.2 Å². The summed E-state index contributed by atoms with van der Waals surface area (Å²) in [7, 11) is 3.11. The topological polar surface area (TPSA) is 55.8 Å². The predicted molar refractivity (Wildman–Crippen MR) is 136 cm³/mol. The molecule has 4 heteroatoms. The van der Waals surface area contributed by atoms with Crippen LogP contribution in [-0.2, 0) is 34.5 Å². The van der Waals surface area contributed by atoms with E-state index in [-0.39, 0.29) is 5.56 Å². The van der Waals surface area contributed by atoms with Gasteiger partial charge in [-0.1, -0.05) is 72.8 Å². The summed E-state index contributed by atoms with van der Waals surface area (Å²) in [5, 5.41) is 10.0. The molecule has 0 heterocycles. The van der Waals surface area contributed by atoms with Crippen LogP contribution in [0.2, 0.25) is 0 Å². The van der Waals surface area contributed by atoms with Crippen LogP contribution >= 0.6 is 0 Å². The number of carboxylic acids is 1. The van der Waals surface area contributed by atoms with Crippen LogP contribution in [0.25, 0.3) is 0 Å². The lowest BCUT2D eigenvalue weighted by atomic mass is 9.88. The molecular weight excluding hydrogens is 436 g/mol. The smallest absolute Gasteiger partial charge is 0.336 e. The van der Waals surface area contributed by atoms with E-state index >= 15 is 0 Å². The average molecular weight is 465 g/mol. The zero-order valence-corrected chi connectivity index (χ0v) is 20.0. The van der Waals surface area contributed by atoms with Crippen molar-refractivity contribution in [3.63, 3.8) is 0 Å². The van der Waals surface area contributed by atoms with Gasteiger partial charge in [-0.3, -0.25) is 0 Å². The van der Waals surface area contributed by atoms with Gasteiger partial charge in [0.15, 0.2) is 0 Å². The van der Waals surface area contributed by atoms with E-state index in [1.54, 1.807) is 20.3 Å². The molecule has 0 saturated carbocycles. The summed E-state index contributed by atoms with van der Waals surface area (Å²) in [6, 6.07) is 30.7. The monoisotopic (exact) mass is 464 g/mol. The molecule has 4 nitrogen and oxygen atoms in total. The van der Waals surface area contributed by atoms with Crippen molar-refractivity contribution in [3.8, 4) is 0 Å². The number of benzene rings is 4. The molecule has 4 aromatic carbocycles. The van der Waals surface area contributed by atoms with Crippen molar-refractivity contribution in [2.45, 2.75) is 25.0 Å². The Morgan fingerprint density at radius 3 is 1.60 bits per heavy atom. The van der Waals surface area contributed by atoms with Crippen LogP contribution in [0.15, 0.2) is 91.0 Å². The Morgan fingerprint density at radius 2 is 1.11 bits per heavy atom. The minimum absolute atomic E-state index is 0.158. The van der Waals surface area contributed by atoms with Gasteiger partial charge in [-0.05, 0) is 70.8 Å². The van der Waals surface area contributed by atoms with Gasteiger partial charge in [-0.25, -0.2) is 4.79 Å². The molecule has 176 valence electrons. The lowest BCUT2D eigenvalue weighted by Gasteiger charge is -2.33. The molecule has 0 spiro atoms. The molecule has 0 atom stereocenters. The number of hydrogen-bond acceptors (Lipinski definition) is 3. The van der Waals surface area contributed by atoms with Crippen molar-refractivity contribution in [1.82, 2.24) is 0 Å². The molecule has 0 radical (unpaired) electrons. The molecule has 0 aliphatic heterocycles. The highest BCUT2D eigenvalue weighted by Crippen LogP contribution is 2.38. The Kier molecular flexibility index (Phi) is 6.25. The van der Waals surface area contributed by atoms with Crippen LogP contribution < -0.4 is 0 Å². The third kappa shape index (κ3) is 4.51. The van der Waals surface area contributed by atoms with E-state index in [0.29, 0.717) is 12.0 Å². The van der Waals surface area contributed by atoms with Crippen LogP contribution in [0.1, 0.15) is 54.9 Å². The number of methoxy groups -OCH3 is 2. The normalized spacial score (nSPS) is 14.3. The molecule has 8 bridgehead atoms. The Bertz CT molecular complexity index is 1380. The van der Waals surface area contributed by atoms with Crippen LogP contribution in [0.5, 0.6) is 0 Å². The maximum atomic E-state index is 12.2. The quantitative estimate of drug-likeness (QED) is 0.380. The van der Waals surface area contributed by atoms with E-state index in [1.807, 2.05) is 30.3 Å². The van der Waals surface area contributed by atoms with Crippen molar-refractivity contribution >= 4 is 5.97 Å². The number of fused-ring (bicyclic) bond motifs is 8. The van der Waals surface area contributed by atoms with Gasteiger partial charge >= 0.3 is 5.97 Å². The summed E-state index contributed by atoms with van der Waals surface area (Å²) >= 11 is 0. The molecule has 0 aromatic heterocycles. The summed E-state index contributed by atoms with van der Waals surface area (Å²) in [6.07, 6.45) is 2.28. The third-order valence-corrected chi connectivity index (χ3v) is 6.76. The molecule has 0 saturated heterocycles. The van der Waals surface area contributed by atoms with Gasteiger partial charge in [0.2, 0.25) is 5.79 Å². The summed E-state index contributed by atoms with van der Waals surface area (Å²) in [5.41, 5.74) is 8.40. The number of ether oxygens (including phenoxy) is 2. The first kappa shape index (κ1) is 23.0. The van der Waals surface area contributed by atoms with Gasteiger partial charge in [0.05, 0.1) is 5.56 Å². The summed E-state index contributed by atoms with van der Waals surface area (Å²) in [4.78, 5) is 12.2. The fraction of sp³-hybridized carbons (Fsp3) is 0.194. The van der Waals surface area contributed by atoms with Crippen LogP contribution in [0.3, 0.4) is 0 Å². The van der Waals surface area contributed by atoms with Gasteiger partial charge in [-0.15, -0.1) is 0 Å². The fourth-order valence-corrected chi connectivity index (χ4v) is 5.15. The van der Waals surface area contributed by atoms with Crippen molar-refractivity contribution in [1.29, 1.82) is 0 Å². The summed E-state index contributed by atoms with van der Waals surface area (Å²) < 4.78 is 12.0. The van der Waals surface area contributed by atoms with Gasteiger partial charge in [-0.2, -0.15) is 0 Å². The molecule has 1 aliphatic carbocycles. The number of aromatic carboxylic acids is 1. The van der Waals surface area contributed by atoms with Crippen LogP contribution in [0, 0.1) is 0 Å². The van der Waals surface area contributed by atoms with Gasteiger partial charge in [0, 0.05) is 25.3 Å². The second-order valence-corrected chi connectivity index (χ2v) is 9.08. The summed E-state index contributed by atoms with van der Waals surface area (Å²) in [6.45, 7) is 0. The standard InChI is InChI=1S/C31H28O4/c1-34-31(35-2)27-11-5-10-25(19-27)17-23-8-3-6-21(15-23)14-22-7-4-9-24(16-22)18-26-12-13-28(30(32)33)29(31)20-26/h3-13,15-16,19-20H,14,17-18H2,1-2H3,(H,32,33). The first-order valence-electron chi connectivity index (χ1n) is 11.7. The predicted octanol–water partition coefficient (Wildman–Crippen LogP) is 5.96. The molecule has 0 fully saturated rings. The highest BCUT2D eigenvalue weighted by Gasteiger charge is 2.38. The average Bonchev–Trinajstić information content (AvgIpc) is 2.85. The van der Waals surface area contributed by atoms with Crippen molar-refractivity contribution in [3.05, 3.63) is 141 Å². The Hall–Kier alpha value is -3.73. The van der Waals surface area contributed by atoms with E-state index < -0.39 is 11.8 Å². The largest absolute Gasteiger partial charge is 0.478 e. The maximum Gasteiger partial charge on any atom is 0.336 e. The number of carboxylic acid groups (broad SMARTS) is 1. The first-order valence-corrected chi connectivity index (χ1v) is 11.7. The molecule has 4 aromatic rings. The Morgan fingerprint density at radius 1 is 0.657 bits per heavy atom. The lowest BCUT2D eigenvalue weighted by Crippen LogP contribution is -2.34.